The van der Waals surface area contributed by atoms with Crippen molar-refractivity contribution >= 4 is 10.0 Å². The quantitative estimate of drug-likeness (QED) is 0.650. The molecule has 0 aromatic carbocycles. The van der Waals surface area contributed by atoms with Gasteiger partial charge in [0, 0.05) is 19.3 Å². The Bertz CT molecular complexity index is 499. The van der Waals surface area contributed by atoms with Gasteiger partial charge < -0.3 is 5.73 Å². The molecule has 0 amide bonds. The van der Waals surface area contributed by atoms with Crippen LogP contribution in [0.15, 0.2) is 17.3 Å². The third-order valence-electron chi connectivity index (χ3n) is 3.62. The average Bonchev–Trinajstić information content (AvgIpc) is 2.95. The summed E-state index contributed by atoms with van der Waals surface area (Å²) < 4.78 is 28.8. The molecule has 21 heavy (non-hydrogen) atoms. The molecule has 122 valence electrons. The maximum Gasteiger partial charge on any atom is 0.243 e. The lowest BCUT2D eigenvalue weighted by Gasteiger charge is -2.14. The Hall–Kier alpha value is -0.920. The van der Waals surface area contributed by atoms with Gasteiger partial charge in [-0.2, -0.15) is 5.10 Å². The van der Waals surface area contributed by atoms with Crippen molar-refractivity contribution in [3.8, 4) is 0 Å². The first kappa shape index (κ1) is 18.1. The molecule has 1 aromatic rings. The average molecular weight is 316 g/mol. The number of hydrogen-bond acceptors (Lipinski definition) is 4. The Kier molecular flexibility index (Phi) is 7.92. The Balaban J connectivity index is 2.57. The van der Waals surface area contributed by atoms with Crippen LogP contribution in [0.3, 0.4) is 0 Å². The predicted octanol–water partition coefficient (Wildman–Crippen LogP) is 1.73. The first-order valence-corrected chi connectivity index (χ1v) is 9.24. The molecular formula is C14H28N4O2S. The van der Waals surface area contributed by atoms with Crippen LogP contribution in [0, 0.1) is 5.92 Å². The van der Waals surface area contributed by atoms with E-state index in [0.29, 0.717) is 25.6 Å². The number of aromatic nitrogens is 2. The summed E-state index contributed by atoms with van der Waals surface area (Å²) in [6, 6.07) is 0. The SMILES string of the molecule is CCCCC(CC)CNS(=O)(=O)c1cnn(CCCN)c1. The molecule has 7 heteroatoms. The summed E-state index contributed by atoms with van der Waals surface area (Å²) in [5.74, 6) is 0.395. The fourth-order valence-electron chi connectivity index (χ4n) is 2.11. The highest BCUT2D eigenvalue weighted by molar-refractivity contribution is 7.89. The van der Waals surface area contributed by atoms with Gasteiger partial charge in [-0.3, -0.25) is 4.68 Å². The summed E-state index contributed by atoms with van der Waals surface area (Å²) in [5, 5.41) is 4.06. The number of unbranched alkanes of at least 4 members (excludes halogenated alkanes) is 1. The van der Waals surface area contributed by atoms with Crippen LogP contribution in [0.2, 0.25) is 0 Å². The summed E-state index contributed by atoms with van der Waals surface area (Å²) in [5.41, 5.74) is 5.43. The molecule has 6 nitrogen and oxygen atoms in total. The molecule has 1 unspecified atom stereocenters. The number of aryl methyl sites for hydroxylation is 1. The summed E-state index contributed by atoms with van der Waals surface area (Å²) in [7, 11) is -3.46. The Morgan fingerprint density at radius 1 is 1.38 bits per heavy atom. The summed E-state index contributed by atoms with van der Waals surface area (Å²) >= 11 is 0. The zero-order valence-electron chi connectivity index (χ0n) is 13.1. The van der Waals surface area contributed by atoms with Crippen molar-refractivity contribution in [2.45, 2.75) is 57.4 Å². The lowest BCUT2D eigenvalue weighted by atomic mass is 10.00. The van der Waals surface area contributed by atoms with E-state index in [1.807, 2.05) is 0 Å². The molecule has 1 aromatic heterocycles. The molecule has 0 spiro atoms. The van der Waals surface area contributed by atoms with Crippen molar-refractivity contribution < 1.29 is 8.42 Å². The van der Waals surface area contributed by atoms with E-state index in [1.54, 1.807) is 10.9 Å². The van der Waals surface area contributed by atoms with Crippen molar-refractivity contribution in [1.29, 1.82) is 0 Å². The molecule has 0 aliphatic heterocycles. The second kappa shape index (κ2) is 9.17. The van der Waals surface area contributed by atoms with E-state index in [4.69, 9.17) is 5.73 Å². The Morgan fingerprint density at radius 3 is 2.76 bits per heavy atom. The maximum atomic E-state index is 12.2. The van der Waals surface area contributed by atoms with Gasteiger partial charge in [-0.15, -0.1) is 0 Å². The monoisotopic (exact) mass is 316 g/mol. The largest absolute Gasteiger partial charge is 0.330 e. The van der Waals surface area contributed by atoms with Gasteiger partial charge in [-0.05, 0) is 25.3 Å². The highest BCUT2D eigenvalue weighted by atomic mass is 32.2. The van der Waals surface area contributed by atoms with E-state index in [1.165, 1.54) is 6.20 Å². The molecule has 0 fully saturated rings. The van der Waals surface area contributed by atoms with Crippen LogP contribution in [-0.4, -0.2) is 31.3 Å². The van der Waals surface area contributed by atoms with Gasteiger partial charge in [0.1, 0.15) is 4.90 Å². The van der Waals surface area contributed by atoms with Crippen LogP contribution in [0.5, 0.6) is 0 Å². The van der Waals surface area contributed by atoms with Gasteiger partial charge >= 0.3 is 0 Å². The van der Waals surface area contributed by atoms with E-state index < -0.39 is 10.0 Å². The standard InChI is InChI=1S/C14H28N4O2S/c1-3-5-7-13(4-2)10-17-21(19,20)14-11-16-18(12-14)9-6-8-15/h11-13,17H,3-10,15H2,1-2H3. The number of rotatable bonds is 11. The summed E-state index contributed by atoms with van der Waals surface area (Å²) in [4.78, 5) is 0.227. The van der Waals surface area contributed by atoms with Crippen LogP contribution < -0.4 is 10.5 Å². The zero-order chi connectivity index (χ0) is 15.7. The molecule has 3 N–H and O–H groups in total. The minimum atomic E-state index is -3.46. The fraction of sp³-hybridized carbons (Fsp3) is 0.786. The first-order chi connectivity index (χ1) is 10.0. The van der Waals surface area contributed by atoms with Crippen LogP contribution in [-0.2, 0) is 16.6 Å². The lowest BCUT2D eigenvalue weighted by Crippen LogP contribution is -2.29. The molecule has 1 heterocycles. The number of sulfonamides is 1. The second-order valence-electron chi connectivity index (χ2n) is 5.35. The molecule has 0 bridgehead atoms. The molecule has 1 rings (SSSR count). The van der Waals surface area contributed by atoms with E-state index in [9.17, 15) is 8.42 Å². The first-order valence-electron chi connectivity index (χ1n) is 7.75. The number of nitrogens with zero attached hydrogens (tertiary/aromatic N) is 2. The van der Waals surface area contributed by atoms with Gasteiger partial charge in [0.2, 0.25) is 10.0 Å². The predicted molar refractivity (Wildman–Crippen MR) is 84.4 cm³/mol. The zero-order valence-corrected chi connectivity index (χ0v) is 13.9. The summed E-state index contributed by atoms with van der Waals surface area (Å²) in [6.45, 7) is 5.94. The maximum absolute atomic E-state index is 12.2. The third kappa shape index (κ3) is 6.15. The van der Waals surface area contributed by atoms with Crippen molar-refractivity contribution in [3.63, 3.8) is 0 Å². The van der Waals surface area contributed by atoms with Crippen LogP contribution >= 0.6 is 0 Å². The van der Waals surface area contributed by atoms with E-state index in [2.05, 4.69) is 23.7 Å². The van der Waals surface area contributed by atoms with E-state index >= 15 is 0 Å². The lowest BCUT2D eigenvalue weighted by molar-refractivity contribution is 0.443. The van der Waals surface area contributed by atoms with Gasteiger partial charge in [0.25, 0.3) is 0 Å². The Labute approximate surface area is 128 Å². The number of nitrogens with two attached hydrogens (primary N) is 1. The summed E-state index contributed by atoms with van der Waals surface area (Å²) in [6.07, 6.45) is 8.05. The molecular weight excluding hydrogens is 288 g/mol. The van der Waals surface area contributed by atoms with Gasteiger partial charge in [0.15, 0.2) is 0 Å². The second-order valence-corrected chi connectivity index (χ2v) is 7.12. The van der Waals surface area contributed by atoms with E-state index in [-0.39, 0.29) is 4.90 Å². The molecule has 0 radical (unpaired) electrons. The molecule has 0 saturated heterocycles. The molecule has 0 aliphatic carbocycles. The van der Waals surface area contributed by atoms with E-state index in [0.717, 1.165) is 32.1 Å². The minimum absolute atomic E-state index is 0.227. The number of nitrogens with one attached hydrogen (secondary N) is 1. The van der Waals surface area contributed by atoms with Crippen LogP contribution in [0.1, 0.15) is 46.0 Å². The fourth-order valence-corrected chi connectivity index (χ4v) is 3.18. The topological polar surface area (TPSA) is 90.0 Å². The van der Waals surface area contributed by atoms with Crippen molar-refractivity contribution in [2.24, 2.45) is 11.7 Å². The van der Waals surface area contributed by atoms with Crippen molar-refractivity contribution in [3.05, 3.63) is 12.4 Å². The molecule has 0 saturated carbocycles. The molecule has 1 atom stereocenters. The minimum Gasteiger partial charge on any atom is -0.330 e. The highest BCUT2D eigenvalue weighted by Crippen LogP contribution is 2.13. The van der Waals surface area contributed by atoms with Crippen LogP contribution in [0.25, 0.3) is 0 Å². The Morgan fingerprint density at radius 2 is 2.14 bits per heavy atom. The normalized spacial score (nSPS) is 13.5. The van der Waals surface area contributed by atoms with Gasteiger partial charge in [-0.25, -0.2) is 13.1 Å². The van der Waals surface area contributed by atoms with Crippen molar-refractivity contribution in [2.75, 3.05) is 13.1 Å². The number of hydrogen-bond donors (Lipinski definition) is 2. The smallest absolute Gasteiger partial charge is 0.243 e. The van der Waals surface area contributed by atoms with Gasteiger partial charge in [-0.1, -0.05) is 33.1 Å². The third-order valence-corrected chi connectivity index (χ3v) is 4.99. The molecule has 0 aliphatic rings. The van der Waals surface area contributed by atoms with Crippen LogP contribution in [0.4, 0.5) is 0 Å². The highest BCUT2D eigenvalue weighted by Gasteiger charge is 2.18. The van der Waals surface area contributed by atoms with Crippen molar-refractivity contribution in [1.82, 2.24) is 14.5 Å². The van der Waals surface area contributed by atoms with Gasteiger partial charge in [0.05, 0.1) is 6.20 Å².